The van der Waals surface area contributed by atoms with Gasteiger partial charge in [-0.2, -0.15) is 5.10 Å². The smallest absolute Gasteiger partial charge is 0.0688 e. The summed E-state index contributed by atoms with van der Waals surface area (Å²) in [5, 5.41) is 11.7. The van der Waals surface area contributed by atoms with Crippen molar-refractivity contribution in [1.29, 1.82) is 0 Å². The Bertz CT molecular complexity index is 673. The van der Waals surface area contributed by atoms with E-state index < -0.39 is 0 Å². The number of hydrogen-bond acceptors (Lipinski definition) is 2. The van der Waals surface area contributed by atoms with Crippen LogP contribution in [0.2, 0.25) is 0 Å². The highest BCUT2D eigenvalue weighted by atomic mass is 15.1. The molecule has 3 heteroatoms. The van der Waals surface area contributed by atoms with Crippen molar-refractivity contribution in [3.63, 3.8) is 0 Å². The molecule has 0 spiro atoms. The van der Waals surface area contributed by atoms with E-state index in [-0.39, 0.29) is 0 Å². The molecule has 20 heavy (non-hydrogen) atoms. The quantitative estimate of drug-likeness (QED) is 0.743. The molecule has 0 aliphatic carbocycles. The molecule has 0 aliphatic rings. The average molecular weight is 265 g/mol. The van der Waals surface area contributed by atoms with Crippen molar-refractivity contribution in [2.24, 2.45) is 0 Å². The minimum absolute atomic E-state index is 0.382. The maximum absolute atomic E-state index is 4.18. The molecule has 1 atom stereocenters. The molecule has 102 valence electrons. The Morgan fingerprint density at radius 2 is 1.95 bits per heavy atom. The minimum atomic E-state index is 0.382. The summed E-state index contributed by atoms with van der Waals surface area (Å²) in [5.74, 6) is 0.382. The number of nitrogens with one attached hydrogen (secondary N) is 2. The van der Waals surface area contributed by atoms with Crippen molar-refractivity contribution in [2.45, 2.75) is 12.3 Å². The Labute approximate surface area is 119 Å². The van der Waals surface area contributed by atoms with Crippen LogP contribution >= 0.6 is 0 Å². The van der Waals surface area contributed by atoms with Crippen LogP contribution in [0.15, 0.2) is 54.7 Å². The number of H-pyrrole nitrogens is 1. The Balaban J connectivity index is 2.07. The third-order valence-corrected chi connectivity index (χ3v) is 3.77. The highest BCUT2D eigenvalue weighted by Crippen LogP contribution is 2.31. The van der Waals surface area contributed by atoms with Crippen LogP contribution in [0, 0.1) is 0 Å². The molecule has 3 rings (SSSR count). The second-order valence-corrected chi connectivity index (χ2v) is 5.04. The first-order valence-corrected chi connectivity index (χ1v) is 7.01. The van der Waals surface area contributed by atoms with Gasteiger partial charge in [0.05, 0.1) is 11.7 Å². The van der Waals surface area contributed by atoms with Crippen molar-refractivity contribution in [1.82, 2.24) is 15.5 Å². The van der Waals surface area contributed by atoms with Gasteiger partial charge in [0, 0.05) is 11.3 Å². The van der Waals surface area contributed by atoms with Gasteiger partial charge in [0.1, 0.15) is 0 Å². The molecule has 0 unspecified atom stereocenters. The van der Waals surface area contributed by atoms with Crippen LogP contribution in [0.25, 0.3) is 10.9 Å². The van der Waals surface area contributed by atoms with Crippen LogP contribution in [0.1, 0.15) is 23.5 Å². The zero-order valence-corrected chi connectivity index (χ0v) is 11.6. The van der Waals surface area contributed by atoms with E-state index in [9.17, 15) is 0 Å². The lowest BCUT2D eigenvalue weighted by Crippen LogP contribution is -2.13. The van der Waals surface area contributed by atoms with Gasteiger partial charge in [0.2, 0.25) is 0 Å². The zero-order valence-electron chi connectivity index (χ0n) is 11.6. The van der Waals surface area contributed by atoms with E-state index in [0.29, 0.717) is 5.92 Å². The van der Waals surface area contributed by atoms with Gasteiger partial charge in [-0.15, -0.1) is 0 Å². The highest BCUT2D eigenvalue weighted by Gasteiger charge is 2.16. The van der Waals surface area contributed by atoms with Gasteiger partial charge in [-0.25, -0.2) is 0 Å². The fourth-order valence-electron chi connectivity index (χ4n) is 2.76. The number of rotatable bonds is 5. The third-order valence-electron chi connectivity index (χ3n) is 3.77. The van der Waals surface area contributed by atoms with Gasteiger partial charge < -0.3 is 5.32 Å². The molecule has 3 aromatic rings. The maximum Gasteiger partial charge on any atom is 0.0688 e. The van der Waals surface area contributed by atoms with Crippen molar-refractivity contribution in [3.8, 4) is 0 Å². The lowest BCUT2D eigenvalue weighted by Gasteiger charge is -2.18. The Morgan fingerprint density at radius 1 is 1.10 bits per heavy atom. The SMILES string of the molecule is CNCC[C@@H](c1ccccc1)c1cccc2cn[nH]c12. The van der Waals surface area contributed by atoms with E-state index >= 15 is 0 Å². The summed E-state index contributed by atoms with van der Waals surface area (Å²) < 4.78 is 0. The molecule has 0 amide bonds. The van der Waals surface area contributed by atoms with Crippen molar-refractivity contribution in [2.75, 3.05) is 13.6 Å². The van der Waals surface area contributed by atoms with Gasteiger partial charge in [-0.3, -0.25) is 5.10 Å². The highest BCUT2D eigenvalue weighted by molar-refractivity contribution is 5.82. The largest absolute Gasteiger partial charge is 0.320 e. The molecule has 3 nitrogen and oxygen atoms in total. The predicted molar refractivity (Wildman–Crippen MR) is 82.9 cm³/mol. The van der Waals surface area contributed by atoms with Gasteiger partial charge in [-0.05, 0) is 31.1 Å². The summed E-state index contributed by atoms with van der Waals surface area (Å²) in [6.45, 7) is 0.990. The van der Waals surface area contributed by atoms with E-state index in [0.717, 1.165) is 18.5 Å². The summed E-state index contributed by atoms with van der Waals surface area (Å²) in [4.78, 5) is 0. The second-order valence-electron chi connectivity index (χ2n) is 5.04. The third kappa shape index (κ3) is 2.45. The van der Waals surface area contributed by atoms with Crippen LogP contribution in [0.3, 0.4) is 0 Å². The normalized spacial score (nSPS) is 12.7. The van der Waals surface area contributed by atoms with Crippen molar-refractivity contribution >= 4 is 10.9 Å². The molecule has 2 N–H and O–H groups in total. The number of aromatic nitrogens is 2. The second kappa shape index (κ2) is 5.88. The van der Waals surface area contributed by atoms with Crippen LogP contribution in [0.5, 0.6) is 0 Å². The van der Waals surface area contributed by atoms with E-state index in [4.69, 9.17) is 0 Å². The van der Waals surface area contributed by atoms with E-state index in [2.05, 4.69) is 64.0 Å². The molecular formula is C17H19N3. The van der Waals surface area contributed by atoms with Crippen molar-refractivity contribution < 1.29 is 0 Å². The standard InChI is InChI=1S/C17H19N3/c1-18-11-10-15(13-6-3-2-4-7-13)16-9-5-8-14-12-19-20-17(14)16/h2-9,12,15,18H,10-11H2,1H3,(H,19,20)/t15-/m0/s1. The summed E-state index contributed by atoms with van der Waals surface area (Å²) in [6, 6.07) is 17.1. The number of fused-ring (bicyclic) bond motifs is 1. The molecule has 0 saturated carbocycles. The van der Waals surface area contributed by atoms with Crippen LogP contribution in [0.4, 0.5) is 0 Å². The lowest BCUT2D eigenvalue weighted by molar-refractivity contribution is 0.664. The van der Waals surface area contributed by atoms with E-state index in [1.807, 2.05) is 13.2 Å². The zero-order chi connectivity index (χ0) is 13.8. The summed E-state index contributed by atoms with van der Waals surface area (Å²) in [7, 11) is 2.00. The number of benzene rings is 2. The molecular weight excluding hydrogens is 246 g/mol. The number of para-hydroxylation sites is 1. The molecule has 1 aromatic heterocycles. The molecule has 0 saturated heterocycles. The number of hydrogen-bond donors (Lipinski definition) is 2. The molecule has 2 aromatic carbocycles. The summed E-state index contributed by atoms with van der Waals surface area (Å²) in [5.41, 5.74) is 3.82. The maximum atomic E-state index is 4.18. The molecule has 0 aliphatic heterocycles. The molecule has 0 bridgehead atoms. The summed E-state index contributed by atoms with van der Waals surface area (Å²) >= 11 is 0. The minimum Gasteiger partial charge on any atom is -0.320 e. The molecule has 0 radical (unpaired) electrons. The monoisotopic (exact) mass is 265 g/mol. The first-order valence-electron chi connectivity index (χ1n) is 7.01. The van der Waals surface area contributed by atoms with Crippen LogP contribution in [-0.4, -0.2) is 23.8 Å². The lowest BCUT2D eigenvalue weighted by atomic mass is 9.87. The Kier molecular flexibility index (Phi) is 3.79. The number of nitrogens with zero attached hydrogens (tertiary/aromatic N) is 1. The Hall–Kier alpha value is -2.13. The first-order chi connectivity index (χ1) is 9.90. The summed E-state index contributed by atoms with van der Waals surface area (Å²) in [6.07, 6.45) is 2.96. The van der Waals surface area contributed by atoms with Crippen LogP contribution < -0.4 is 5.32 Å². The van der Waals surface area contributed by atoms with Crippen LogP contribution in [-0.2, 0) is 0 Å². The fourth-order valence-corrected chi connectivity index (χ4v) is 2.76. The number of aromatic amines is 1. The molecule has 0 fully saturated rings. The average Bonchev–Trinajstić information content (AvgIpc) is 2.98. The van der Waals surface area contributed by atoms with Gasteiger partial charge in [-0.1, -0.05) is 48.5 Å². The van der Waals surface area contributed by atoms with E-state index in [1.165, 1.54) is 16.5 Å². The van der Waals surface area contributed by atoms with Gasteiger partial charge >= 0.3 is 0 Å². The predicted octanol–water partition coefficient (Wildman–Crippen LogP) is 3.30. The molecule has 1 heterocycles. The fraction of sp³-hybridized carbons (Fsp3) is 0.235. The van der Waals surface area contributed by atoms with Crippen molar-refractivity contribution in [3.05, 3.63) is 65.9 Å². The van der Waals surface area contributed by atoms with E-state index in [1.54, 1.807) is 0 Å². The van der Waals surface area contributed by atoms with Gasteiger partial charge in [0.15, 0.2) is 0 Å². The van der Waals surface area contributed by atoms with Gasteiger partial charge in [0.25, 0.3) is 0 Å². The first kappa shape index (κ1) is 12.9. The Morgan fingerprint density at radius 3 is 2.75 bits per heavy atom. The topological polar surface area (TPSA) is 40.7 Å².